The number of nitrogens with one attached hydrogen (secondary N) is 2. The SMILES string of the molecule is O=C(NCc1cccnc1Oc1cccc(F)c1)c1cccc(S(=O)(=O)Nc2ccccc2F)c1. The molecule has 0 bridgehead atoms. The molecule has 0 atom stereocenters. The lowest BCUT2D eigenvalue weighted by Gasteiger charge is -2.12. The fourth-order valence-electron chi connectivity index (χ4n) is 3.12. The summed E-state index contributed by atoms with van der Waals surface area (Å²) in [6.45, 7) is 0.0157. The molecule has 2 N–H and O–H groups in total. The molecule has 0 spiro atoms. The minimum atomic E-state index is -4.13. The third kappa shape index (κ3) is 5.98. The third-order valence-electron chi connectivity index (χ3n) is 4.82. The van der Waals surface area contributed by atoms with E-state index in [4.69, 9.17) is 4.74 Å². The number of carbonyl (C=O) groups is 1. The van der Waals surface area contributed by atoms with E-state index in [0.717, 1.165) is 6.07 Å². The summed E-state index contributed by atoms with van der Waals surface area (Å²) in [4.78, 5) is 16.7. The zero-order chi connectivity index (χ0) is 24.8. The first-order valence-electron chi connectivity index (χ1n) is 10.3. The van der Waals surface area contributed by atoms with Crippen molar-refractivity contribution in [3.05, 3.63) is 114 Å². The number of nitrogens with zero attached hydrogens (tertiary/aromatic N) is 1. The highest BCUT2D eigenvalue weighted by Gasteiger charge is 2.18. The van der Waals surface area contributed by atoms with E-state index < -0.39 is 27.6 Å². The molecule has 0 saturated carbocycles. The molecule has 7 nitrogen and oxygen atoms in total. The topological polar surface area (TPSA) is 97.4 Å². The van der Waals surface area contributed by atoms with Crippen LogP contribution in [0.25, 0.3) is 0 Å². The van der Waals surface area contributed by atoms with Gasteiger partial charge in [0.2, 0.25) is 5.88 Å². The number of pyridine rings is 1. The van der Waals surface area contributed by atoms with E-state index in [9.17, 15) is 22.0 Å². The van der Waals surface area contributed by atoms with Gasteiger partial charge in [0.1, 0.15) is 17.4 Å². The van der Waals surface area contributed by atoms with Gasteiger partial charge in [-0.05, 0) is 48.5 Å². The first-order chi connectivity index (χ1) is 16.8. The van der Waals surface area contributed by atoms with E-state index >= 15 is 0 Å². The first-order valence-corrected chi connectivity index (χ1v) is 11.8. The van der Waals surface area contributed by atoms with Crippen molar-refractivity contribution in [2.45, 2.75) is 11.4 Å². The lowest BCUT2D eigenvalue weighted by molar-refractivity contribution is 0.0950. The Morgan fingerprint density at radius 1 is 0.914 bits per heavy atom. The molecule has 1 heterocycles. The normalized spacial score (nSPS) is 11.0. The van der Waals surface area contributed by atoms with Crippen LogP contribution in [0.4, 0.5) is 14.5 Å². The summed E-state index contributed by atoms with van der Waals surface area (Å²) < 4.78 is 60.5. The van der Waals surface area contributed by atoms with Crippen LogP contribution in [0.1, 0.15) is 15.9 Å². The number of sulfonamides is 1. The minimum Gasteiger partial charge on any atom is -0.439 e. The van der Waals surface area contributed by atoms with Crippen molar-refractivity contribution < 1.29 is 26.7 Å². The number of amides is 1. The standard InChI is InChI=1S/C25H19F2N3O4S/c26-19-8-4-9-20(15-19)34-25-18(7-5-13-28-25)16-29-24(31)17-6-3-10-21(14-17)35(32,33)30-23-12-2-1-11-22(23)27/h1-15,30H,16H2,(H,29,31). The smallest absolute Gasteiger partial charge is 0.262 e. The van der Waals surface area contributed by atoms with Crippen molar-refractivity contribution in [2.24, 2.45) is 0 Å². The number of para-hydroxylation sites is 1. The molecular weight excluding hydrogens is 476 g/mol. The zero-order valence-corrected chi connectivity index (χ0v) is 18.9. The predicted molar refractivity (Wildman–Crippen MR) is 126 cm³/mol. The average Bonchev–Trinajstić information content (AvgIpc) is 2.85. The molecule has 0 radical (unpaired) electrons. The number of hydrogen-bond acceptors (Lipinski definition) is 5. The second-order valence-corrected chi connectivity index (χ2v) is 9.01. The molecule has 0 saturated heterocycles. The Hall–Kier alpha value is -4.31. The summed E-state index contributed by atoms with van der Waals surface area (Å²) in [5.74, 6) is -1.31. The van der Waals surface area contributed by atoms with Gasteiger partial charge < -0.3 is 10.1 Å². The Bertz CT molecular complexity index is 1480. The average molecular weight is 496 g/mol. The summed E-state index contributed by atoms with van der Waals surface area (Å²) in [6.07, 6.45) is 1.50. The molecule has 0 fully saturated rings. The van der Waals surface area contributed by atoms with Crippen molar-refractivity contribution in [1.82, 2.24) is 10.3 Å². The Kier molecular flexibility index (Phi) is 7.02. The molecule has 0 aliphatic rings. The van der Waals surface area contributed by atoms with Gasteiger partial charge in [0.15, 0.2) is 0 Å². The van der Waals surface area contributed by atoms with Crippen LogP contribution >= 0.6 is 0 Å². The Morgan fingerprint density at radius 2 is 1.71 bits per heavy atom. The maximum atomic E-state index is 13.9. The predicted octanol–water partition coefficient (Wildman–Crippen LogP) is 4.88. The van der Waals surface area contributed by atoms with Crippen LogP contribution in [0.5, 0.6) is 11.6 Å². The van der Waals surface area contributed by atoms with Crippen molar-refractivity contribution in [1.29, 1.82) is 0 Å². The van der Waals surface area contributed by atoms with Crippen LogP contribution in [-0.4, -0.2) is 19.3 Å². The number of hydrogen-bond donors (Lipinski definition) is 2. The van der Waals surface area contributed by atoms with Crippen molar-refractivity contribution in [2.75, 3.05) is 4.72 Å². The van der Waals surface area contributed by atoms with Crippen LogP contribution in [0.15, 0.2) is 96.0 Å². The fourth-order valence-corrected chi connectivity index (χ4v) is 4.24. The van der Waals surface area contributed by atoms with Crippen LogP contribution in [0.3, 0.4) is 0 Å². The number of halogens is 2. The maximum absolute atomic E-state index is 13.9. The van der Waals surface area contributed by atoms with Gasteiger partial charge in [-0.2, -0.15) is 0 Å². The maximum Gasteiger partial charge on any atom is 0.262 e. The molecule has 35 heavy (non-hydrogen) atoms. The van der Waals surface area contributed by atoms with E-state index in [1.807, 2.05) is 0 Å². The molecule has 3 aromatic carbocycles. The number of anilines is 1. The highest BCUT2D eigenvalue weighted by atomic mass is 32.2. The van der Waals surface area contributed by atoms with Crippen molar-refractivity contribution >= 4 is 21.6 Å². The third-order valence-corrected chi connectivity index (χ3v) is 6.19. The summed E-state index contributed by atoms with van der Waals surface area (Å²) in [6, 6.07) is 19.6. The second kappa shape index (κ2) is 10.3. The summed E-state index contributed by atoms with van der Waals surface area (Å²) >= 11 is 0. The molecule has 178 valence electrons. The molecule has 0 unspecified atom stereocenters. The zero-order valence-electron chi connectivity index (χ0n) is 18.1. The van der Waals surface area contributed by atoms with Crippen molar-refractivity contribution in [3.63, 3.8) is 0 Å². The molecule has 1 aromatic heterocycles. The first kappa shape index (κ1) is 23.8. The number of benzene rings is 3. The largest absolute Gasteiger partial charge is 0.439 e. The van der Waals surface area contributed by atoms with E-state index in [2.05, 4.69) is 15.0 Å². The lowest BCUT2D eigenvalue weighted by Crippen LogP contribution is -2.23. The Balaban J connectivity index is 1.47. The van der Waals surface area contributed by atoms with Gasteiger partial charge in [-0.1, -0.05) is 30.3 Å². The van der Waals surface area contributed by atoms with E-state index in [0.29, 0.717) is 5.56 Å². The summed E-state index contributed by atoms with van der Waals surface area (Å²) in [5.41, 5.74) is 0.401. The van der Waals surface area contributed by atoms with E-state index in [-0.39, 0.29) is 34.3 Å². The Morgan fingerprint density at radius 3 is 2.51 bits per heavy atom. The van der Waals surface area contributed by atoms with E-state index in [1.165, 1.54) is 66.9 Å². The fraction of sp³-hybridized carbons (Fsp3) is 0.0400. The molecule has 0 aliphatic carbocycles. The number of ether oxygens (including phenoxy) is 1. The van der Waals surface area contributed by atoms with Gasteiger partial charge in [-0.3, -0.25) is 9.52 Å². The number of aromatic nitrogens is 1. The second-order valence-electron chi connectivity index (χ2n) is 7.32. The molecular formula is C25H19F2N3O4S. The summed E-state index contributed by atoms with van der Waals surface area (Å²) in [7, 11) is -4.13. The molecule has 1 amide bonds. The quantitative estimate of drug-likeness (QED) is 0.363. The molecule has 0 aliphatic heterocycles. The highest BCUT2D eigenvalue weighted by molar-refractivity contribution is 7.92. The van der Waals surface area contributed by atoms with Crippen LogP contribution in [0, 0.1) is 11.6 Å². The molecule has 10 heteroatoms. The monoisotopic (exact) mass is 495 g/mol. The number of rotatable bonds is 8. The Labute approximate surface area is 200 Å². The van der Waals surface area contributed by atoms with Crippen molar-refractivity contribution in [3.8, 4) is 11.6 Å². The van der Waals surface area contributed by atoms with Gasteiger partial charge in [0.25, 0.3) is 15.9 Å². The molecule has 4 rings (SSSR count). The number of carbonyl (C=O) groups excluding carboxylic acids is 1. The lowest BCUT2D eigenvalue weighted by atomic mass is 10.2. The molecule has 4 aromatic rings. The van der Waals surface area contributed by atoms with Gasteiger partial charge in [-0.25, -0.2) is 22.2 Å². The van der Waals surface area contributed by atoms with Gasteiger partial charge in [0, 0.05) is 29.9 Å². The highest BCUT2D eigenvalue weighted by Crippen LogP contribution is 2.24. The van der Waals surface area contributed by atoms with Gasteiger partial charge >= 0.3 is 0 Å². The van der Waals surface area contributed by atoms with E-state index in [1.54, 1.807) is 18.2 Å². The van der Waals surface area contributed by atoms with Crippen LogP contribution in [-0.2, 0) is 16.6 Å². The van der Waals surface area contributed by atoms with Crippen LogP contribution < -0.4 is 14.8 Å². The van der Waals surface area contributed by atoms with Gasteiger partial charge in [0.05, 0.1) is 10.6 Å². The summed E-state index contributed by atoms with van der Waals surface area (Å²) in [5, 5.41) is 2.68. The minimum absolute atomic E-state index is 0.0157. The van der Waals surface area contributed by atoms with Crippen LogP contribution in [0.2, 0.25) is 0 Å². The van der Waals surface area contributed by atoms with Gasteiger partial charge in [-0.15, -0.1) is 0 Å².